The van der Waals surface area contributed by atoms with E-state index in [1.807, 2.05) is 0 Å². The van der Waals surface area contributed by atoms with Crippen molar-refractivity contribution in [2.45, 2.75) is 64.2 Å². The van der Waals surface area contributed by atoms with Gasteiger partial charge in [-0.05, 0) is 18.8 Å². The van der Waals surface area contributed by atoms with Crippen LogP contribution < -0.4 is 0 Å². The van der Waals surface area contributed by atoms with E-state index in [0.717, 1.165) is 17.3 Å². The Bertz CT molecular complexity index is 252. The summed E-state index contributed by atoms with van der Waals surface area (Å²) in [6.45, 7) is 6.91. The molecule has 0 N–H and O–H groups in total. The lowest BCUT2D eigenvalue weighted by molar-refractivity contribution is 0.145. The van der Waals surface area contributed by atoms with E-state index in [1.165, 1.54) is 25.7 Å². The molecule has 0 aliphatic heterocycles. The second kappa shape index (κ2) is 5.53. The van der Waals surface area contributed by atoms with Crippen LogP contribution in [0.4, 0.5) is 0 Å². The lowest BCUT2D eigenvalue weighted by atomic mass is 9.53. The van der Waals surface area contributed by atoms with Crippen LogP contribution in [0.5, 0.6) is 0 Å². The van der Waals surface area contributed by atoms with Crippen molar-refractivity contribution in [1.82, 2.24) is 4.90 Å². The van der Waals surface area contributed by atoms with E-state index >= 15 is 0 Å². The topological polar surface area (TPSA) is 3.24 Å². The molecule has 1 saturated carbocycles. The van der Waals surface area contributed by atoms with Gasteiger partial charge in [-0.15, -0.1) is 0 Å². The van der Waals surface area contributed by atoms with Crippen molar-refractivity contribution in [2.24, 2.45) is 5.92 Å². The van der Waals surface area contributed by atoms with Crippen molar-refractivity contribution in [2.75, 3.05) is 7.05 Å². The molecule has 0 bridgehead atoms. The highest BCUT2D eigenvalue weighted by atomic mass is 32.1. The van der Waals surface area contributed by atoms with Gasteiger partial charge in [0.2, 0.25) is 0 Å². The SMILES string of the molecule is BC1(C)CCCC(N(C)C(=S)CC)C1CC. The van der Waals surface area contributed by atoms with E-state index in [0.29, 0.717) is 11.4 Å². The van der Waals surface area contributed by atoms with Crippen molar-refractivity contribution in [3.05, 3.63) is 0 Å². The van der Waals surface area contributed by atoms with Crippen LogP contribution in [0.15, 0.2) is 0 Å². The average Bonchev–Trinajstić information content (AvgIpc) is 2.25. The van der Waals surface area contributed by atoms with Crippen LogP contribution in [-0.2, 0) is 0 Å². The van der Waals surface area contributed by atoms with Gasteiger partial charge in [-0.1, -0.05) is 57.6 Å². The lowest BCUT2D eigenvalue weighted by Gasteiger charge is -2.48. The molecule has 92 valence electrons. The molecule has 1 aliphatic carbocycles. The maximum Gasteiger partial charge on any atom is 0.109 e. The number of nitrogens with zero attached hydrogens (tertiary/aromatic N) is 1. The third kappa shape index (κ3) is 2.79. The van der Waals surface area contributed by atoms with E-state index in [2.05, 4.69) is 40.6 Å². The van der Waals surface area contributed by atoms with Gasteiger partial charge in [-0.2, -0.15) is 0 Å². The summed E-state index contributed by atoms with van der Waals surface area (Å²) in [6.07, 6.45) is 6.31. The van der Waals surface area contributed by atoms with Gasteiger partial charge in [0, 0.05) is 13.1 Å². The standard InChI is InChI=1S/C13H26BNS/c1-5-10-11(15(4)12(16)6-2)8-7-9-13(10,3)14/h10-11H,5-9,14H2,1-4H3. The molecule has 0 aromatic carbocycles. The molecule has 0 radical (unpaired) electrons. The van der Waals surface area contributed by atoms with Gasteiger partial charge in [0.25, 0.3) is 0 Å². The summed E-state index contributed by atoms with van der Waals surface area (Å²) < 4.78 is 0. The maximum atomic E-state index is 5.46. The molecule has 3 heteroatoms. The largest absolute Gasteiger partial charge is 0.366 e. The molecule has 0 heterocycles. The summed E-state index contributed by atoms with van der Waals surface area (Å²) in [5.74, 6) is 0.788. The molecule has 1 nitrogen and oxygen atoms in total. The first-order valence-electron chi connectivity index (χ1n) is 6.69. The van der Waals surface area contributed by atoms with Gasteiger partial charge in [-0.3, -0.25) is 0 Å². The molecule has 0 aromatic heterocycles. The Labute approximate surface area is 107 Å². The first-order chi connectivity index (χ1) is 7.44. The molecule has 3 atom stereocenters. The molecule has 3 unspecified atom stereocenters. The Morgan fingerprint density at radius 1 is 1.50 bits per heavy atom. The zero-order valence-corrected chi connectivity index (χ0v) is 12.4. The van der Waals surface area contributed by atoms with Crippen LogP contribution in [0.25, 0.3) is 0 Å². The molecule has 1 fully saturated rings. The van der Waals surface area contributed by atoms with Crippen molar-refractivity contribution in [1.29, 1.82) is 0 Å². The van der Waals surface area contributed by atoms with Gasteiger partial charge in [-0.25, -0.2) is 0 Å². The highest BCUT2D eigenvalue weighted by Crippen LogP contribution is 2.47. The lowest BCUT2D eigenvalue weighted by Crippen LogP contribution is -2.47. The molecule has 1 aliphatic rings. The Balaban J connectivity index is 2.81. The molecule has 1 rings (SSSR count). The van der Waals surface area contributed by atoms with E-state index in [-0.39, 0.29) is 0 Å². The minimum Gasteiger partial charge on any atom is -0.366 e. The van der Waals surface area contributed by atoms with Crippen molar-refractivity contribution < 1.29 is 0 Å². The predicted octanol–water partition coefficient (Wildman–Crippen LogP) is 3.05. The summed E-state index contributed by atoms with van der Waals surface area (Å²) in [6, 6.07) is 0.668. The smallest absolute Gasteiger partial charge is 0.109 e. The first-order valence-corrected chi connectivity index (χ1v) is 7.10. The highest BCUT2D eigenvalue weighted by molar-refractivity contribution is 7.80. The number of thiocarbonyl (C=S) groups is 1. The van der Waals surface area contributed by atoms with E-state index in [9.17, 15) is 0 Å². The Morgan fingerprint density at radius 3 is 2.62 bits per heavy atom. The van der Waals surface area contributed by atoms with Crippen molar-refractivity contribution >= 4 is 25.1 Å². The minimum atomic E-state index is 0.481. The highest BCUT2D eigenvalue weighted by Gasteiger charge is 2.39. The third-order valence-corrected chi connectivity index (χ3v) is 5.00. The Kier molecular flexibility index (Phi) is 4.84. The molecular formula is C13H26BNS. The van der Waals surface area contributed by atoms with Crippen LogP contribution in [0.1, 0.15) is 52.9 Å². The van der Waals surface area contributed by atoms with Gasteiger partial charge < -0.3 is 4.90 Å². The van der Waals surface area contributed by atoms with Gasteiger partial charge >= 0.3 is 0 Å². The summed E-state index contributed by atoms with van der Waals surface area (Å²) in [4.78, 5) is 3.51. The summed E-state index contributed by atoms with van der Waals surface area (Å²) >= 11 is 5.46. The monoisotopic (exact) mass is 239 g/mol. The minimum absolute atomic E-state index is 0.481. The number of rotatable bonds is 3. The third-order valence-electron chi connectivity index (χ3n) is 4.42. The fourth-order valence-corrected chi connectivity index (χ4v) is 3.53. The Hall–Kier alpha value is -0.0451. The Morgan fingerprint density at radius 2 is 2.12 bits per heavy atom. The normalized spacial score (nSPS) is 34.8. The van der Waals surface area contributed by atoms with Crippen molar-refractivity contribution in [3.63, 3.8) is 0 Å². The van der Waals surface area contributed by atoms with Crippen LogP contribution in [0.2, 0.25) is 5.31 Å². The molecular weight excluding hydrogens is 213 g/mol. The second-order valence-corrected chi connectivity index (χ2v) is 6.29. The average molecular weight is 239 g/mol. The van der Waals surface area contributed by atoms with Crippen LogP contribution in [0.3, 0.4) is 0 Å². The van der Waals surface area contributed by atoms with Gasteiger partial charge in [0.05, 0.1) is 4.99 Å². The fraction of sp³-hybridized carbons (Fsp3) is 0.923. The van der Waals surface area contributed by atoms with E-state index in [4.69, 9.17) is 12.2 Å². The molecule has 0 aromatic rings. The van der Waals surface area contributed by atoms with Gasteiger partial charge in [0.1, 0.15) is 7.85 Å². The summed E-state index contributed by atoms with van der Waals surface area (Å²) in [5, 5.41) is 0.481. The summed E-state index contributed by atoms with van der Waals surface area (Å²) in [7, 11) is 4.62. The zero-order valence-electron chi connectivity index (χ0n) is 11.5. The van der Waals surface area contributed by atoms with Crippen LogP contribution in [-0.4, -0.2) is 30.8 Å². The second-order valence-electron chi connectivity index (χ2n) is 5.82. The quantitative estimate of drug-likeness (QED) is 0.550. The van der Waals surface area contributed by atoms with Crippen molar-refractivity contribution in [3.8, 4) is 0 Å². The first kappa shape index (κ1) is 14.0. The zero-order chi connectivity index (χ0) is 12.3. The van der Waals surface area contributed by atoms with Gasteiger partial charge in [0.15, 0.2) is 0 Å². The van der Waals surface area contributed by atoms with Crippen LogP contribution >= 0.6 is 12.2 Å². The number of hydrogen-bond acceptors (Lipinski definition) is 1. The number of hydrogen-bond donors (Lipinski definition) is 0. The van der Waals surface area contributed by atoms with Crippen LogP contribution in [0, 0.1) is 5.92 Å². The molecule has 0 amide bonds. The van der Waals surface area contributed by atoms with E-state index < -0.39 is 0 Å². The molecule has 0 saturated heterocycles. The molecule has 0 spiro atoms. The maximum absolute atomic E-state index is 5.46. The van der Waals surface area contributed by atoms with E-state index in [1.54, 1.807) is 0 Å². The fourth-order valence-electron chi connectivity index (χ4n) is 3.40. The predicted molar refractivity (Wildman–Crippen MR) is 79.0 cm³/mol. The molecule has 16 heavy (non-hydrogen) atoms. The summed E-state index contributed by atoms with van der Waals surface area (Å²) in [5.41, 5.74) is 0.